The average molecular weight is 272 g/mol. The number of hydrogen-bond donors (Lipinski definition) is 1. The lowest BCUT2D eigenvalue weighted by atomic mass is 9.99. The predicted molar refractivity (Wildman–Crippen MR) is 79.5 cm³/mol. The van der Waals surface area contributed by atoms with Gasteiger partial charge in [0.15, 0.2) is 0 Å². The third-order valence-electron chi connectivity index (χ3n) is 3.24. The zero-order chi connectivity index (χ0) is 14.4. The minimum Gasteiger partial charge on any atom is -0.497 e. The number of ether oxygens (including phenoxy) is 2. The van der Waals surface area contributed by atoms with E-state index in [2.05, 4.69) is 6.07 Å². The van der Waals surface area contributed by atoms with Crippen LogP contribution in [0.5, 0.6) is 11.5 Å². The molecule has 0 amide bonds. The highest BCUT2D eigenvalue weighted by Crippen LogP contribution is 2.21. The van der Waals surface area contributed by atoms with Crippen molar-refractivity contribution in [3.63, 3.8) is 0 Å². The number of aliphatic hydroxyl groups excluding tert-OH is 1. The van der Waals surface area contributed by atoms with Gasteiger partial charge in [-0.2, -0.15) is 0 Å². The van der Waals surface area contributed by atoms with Crippen molar-refractivity contribution in [1.29, 1.82) is 0 Å². The second kappa shape index (κ2) is 6.96. The van der Waals surface area contributed by atoms with E-state index >= 15 is 0 Å². The third kappa shape index (κ3) is 3.75. The van der Waals surface area contributed by atoms with Gasteiger partial charge >= 0.3 is 0 Å². The Balaban J connectivity index is 1.99. The molecular weight excluding hydrogens is 252 g/mol. The summed E-state index contributed by atoms with van der Waals surface area (Å²) >= 11 is 0. The lowest BCUT2D eigenvalue weighted by Crippen LogP contribution is -2.14. The molecule has 2 rings (SSSR count). The Labute approximate surface area is 119 Å². The van der Waals surface area contributed by atoms with Crippen LogP contribution in [0.25, 0.3) is 0 Å². The summed E-state index contributed by atoms with van der Waals surface area (Å²) in [6.45, 7) is 2.56. The number of rotatable bonds is 6. The average Bonchev–Trinajstić information content (AvgIpc) is 2.48. The van der Waals surface area contributed by atoms with Crippen LogP contribution in [0.2, 0.25) is 0 Å². The molecule has 0 aliphatic carbocycles. The van der Waals surface area contributed by atoms with Gasteiger partial charge in [-0.3, -0.25) is 0 Å². The van der Waals surface area contributed by atoms with Crippen LogP contribution in [0.4, 0.5) is 0 Å². The Morgan fingerprint density at radius 2 is 1.75 bits per heavy atom. The topological polar surface area (TPSA) is 38.7 Å². The molecule has 0 radical (unpaired) electrons. The first-order valence-corrected chi connectivity index (χ1v) is 6.67. The van der Waals surface area contributed by atoms with Crippen LogP contribution in [0.15, 0.2) is 48.5 Å². The molecule has 20 heavy (non-hydrogen) atoms. The van der Waals surface area contributed by atoms with E-state index in [1.165, 1.54) is 5.56 Å². The first-order chi connectivity index (χ1) is 9.72. The predicted octanol–water partition coefficient (Wildman–Crippen LogP) is 3.16. The fourth-order valence-electron chi connectivity index (χ4n) is 2.05. The van der Waals surface area contributed by atoms with Gasteiger partial charge < -0.3 is 14.6 Å². The molecule has 0 aliphatic heterocycles. The molecule has 106 valence electrons. The summed E-state index contributed by atoms with van der Waals surface area (Å²) in [6.07, 6.45) is 0. The molecule has 2 aromatic carbocycles. The van der Waals surface area contributed by atoms with E-state index in [-0.39, 0.29) is 12.5 Å². The van der Waals surface area contributed by atoms with Gasteiger partial charge in [0.2, 0.25) is 0 Å². The Kier molecular flexibility index (Phi) is 5.02. The van der Waals surface area contributed by atoms with Crippen LogP contribution >= 0.6 is 0 Å². The number of aryl methyl sites for hydroxylation is 1. The number of aliphatic hydroxyl groups is 1. The second-order valence-corrected chi connectivity index (χ2v) is 4.78. The maximum absolute atomic E-state index is 9.53. The first-order valence-electron chi connectivity index (χ1n) is 6.67. The van der Waals surface area contributed by atoms with E-state index in [9.17, 15) is 5.11 Å². The first kappa shape index (κ1) is 14.4. The van der Waals surface area contributed by atoms with Crippen LogP contribution < -0.4 is 9.47 Å². The quantitative estimate of drug-likeness (QED) is 0.878. The molecule has 0 saturated carbocycles. The molecule has 0 fully saturated rings. The van der Waals surface area contributed by atoms with Crippen LogP contribution in [-0.2, 0) is 0 Å². The van der Waals surface area contributed by atoms with E-state index in [4.69, 9.17) is 9.47 Å². The molecule has 0 aromatic heterocycles. The molecule has 1 N–H and O–H groups in total. The number of benzene rings is 2. The van der Waals surface area contributed by atoms with Gasteiger partial charge in [-0.1, -0.05) is 29.8 Å². The highest BCUT2D eigenvalue weighted by molar-refractivity contribution is 5.31. The van der Waals surface area contributed by atoms with Crippen molar-refractivity contribution in [2.45, 2.75) is 12.8 Å². The molecule has 1 atom stereocenters. The minimum absolute atomic E-state index is 0.0167. The summed E-state index contributed by atoms with van der Waals surface area (Å²) < 4.78 is 10.8. The highest BCUT2D eigenvalue weighted by Gasteiger charge is 2.11. The normalized spacial score (nSPS) is 11.9. The number of methoxy groups -OCH3 is 1. The third-order valence-corrected chi connectivity index (χ3v) is 3.24. The Hall–Kier alpha value is -2.00. The molecule has 0 bridgehead atoms. The molecule has 2 aromatic rings. The minimum atomic E-state index is -0.0167. The highest BCUT2D eigenvalue weighted by atomic mass is 16.5. The fraction of sp³-hybridized carbons (Fsp3) is 0.294. The van der Waals surface area contributed by atoms with Gasteiger partial charge in [-0.15, -0.1) is 0 Å². The van der Waals surface area contributed by atoms with Crippen molar-refractivity contribution in [3.8, 4) is 11.5 Å². The van der Waals surface area contributed by atoms with Gasteiger partial charge in [-0.05, 0) is 36.8 Å². The van der Waals surface area contributed by atoms with Gasteiger partial charge in [-0.25, -0.2) is 0 Å². The van der Waals surface area contributed by atoms with Crippen molar-refractivity contribution in [3.05, 3.63) is 59.7 Å². The number of hydrogen-bond acceptors (Lipinski definition) is 3. The van der Waals surface area contributed by atoms with Gasteiger partial charge in [0.1, 0.15) is 11.5 Å². The van der Waals surface area contributed by atoms with E-state index in [0.717, 1.165) is 17.1 Å². The molecule has 0 saturated heterocycles. The molecule has 3 heteroatoms. The van der Waals surface area contributed by atoms with Gasteiger partial charge in [0, 0.05) is 5.92 Å². The Morgan fingerprint density at radius 3 is 2.35 bits per heavy atom. The maximum Gasteiger partial charge on any atom is 0.119 e. The maximum atomic E-state index is 9.53. The molecule has 0 aliphatic rings. The smallest absolute Gasteiger partial charge is 0.119 e. The van der Waals surface area contributed by atoms with Crippen molar-refractivity contribution in [2.24, 2.45) is 0 Å². The van der Waals surface area contributed by atoms with Crippen molar-refractivity contribution < 1.29 is 14.6 Å². The molecule has 1 unspecified atom stereocenters. The monoisotopic (exact) mass is 272 g/mol. The van der Waals surface area contributed by atoms with Crippen molar-refractivity contribution in [1.82, 2.24) is 0 Å². The van der Waals surface area contributed by atoms with E-state index in [1.807, 2.05) is 49.4 Å². The van der Waals surface area contributed by atoms with E-state index in [1.54, 1.807) is 7.11 Å². The zero-order valence-electron chi connectivity index (χ0n) is 11.9. The second-order valence-electron chi connectivity index (χ2n) is 4.78. The van der Waals surface area contributed by atoms with Crippen LogP contribution in [0.1, 0.15) is 17.0 Å². The summed E-state index contributed by atoms with van der Waals surface area (Å²) in [7, 11) is 1.63. The van der Waals surface area contributed by atoms with Crippen LogP contribution in [0.3, 0.4) is 0 Å². The van der Waals surface area contributed by atoms with Crippen molar-refractivity contribution >= 4 is 0 Å². The molecule has 3 nitrogen and oxygen atoms in total. The summed E-state index contributed by atoms with van der Waals surface area (Å²) in [4.78, 5) is 0. The Morgan fingerprint density at radius 1 is 1.05 bits per heavy atom. The Bertz CT molecular complexity index is 534. The van der Waals surface area contributed by atoms with Crippen LogP contribution in [-0.4, -0.2) is 25.4 Å². The summed E-state index contributed by atoms with van der Waals surface area (Å²) in [5.41, 5.74) is 2.28. The summed E-state index contributed by atoms with van der Waals surface area (Å²) in [5.74, 6) is 1.56. The molecular formula is C17H20O3. The summed E-state index contributed by atoms with van der Waals surface area (Å²) in [5, 5.41) is 9.53. The summed E-state index contributed by atoms with van der Waals surface area (Å²) in [6, 6.07) is 15.6. The van der Waals surface area contributed by atoms with Crippen LogP contribution in [0, 0.1) is 6.92 Å². The van der Waals surface area contributed by atoms with E-state index < -0.39 is 0 Å². The molecule has 0 heterocycles. The molecule has 0 spiro atoms. The lowest BCUT2D eigenvalue weighted by Gasteiger charge is -2.16. The van der Waals surface area contributed by atoms with Crippen molar-refractivity contribution in [2.75, 3.05) is 20.3 Å². The standard InChI is InChI=1S/C17H20O3/c1-13-4-3-5-14(10-13)15(11-18)12-20-17-8-6-16(19-2)7-9-17/h3-10,15,18H,11-12H2,1-2H3. The fourth-order valence-corrected chi connectivity index (χ4v) is 2.05. The van der Waals surface area contributed by atoms with Gasteiger partial charge in [0.05, 0.1) is 20.3 Å². The van der Waals surface area contributed by atoms with E-state index in [0.29, 0.717) is 6.61 Å². The lowest BCUT2D eigenvalue weighted by molar-refractivity contribution is 0.205. The largest absolute Gasteiger partial charge is 0.497 e. The zero-order valence-corrected chi connectivity index (χ0v) is 11.9. The van der Waals surface area contributed by atoms with Gasteiger partial charge in [0.25, 0.3) is 0 Å². The SMILES string of the molecule is COc1ccc(OCC(CO)c2cccc(C)c2)cc1.